The third-order valence-corrected chi connectivity index (χ3v) is 4.75. The number of ether oxygens (including phenoxy) is 1. The Morgan fingerprint density at radius 3 is 2.79 bits per heavy atom. The highest BCUT2D eigenvalue weighted by Gasteiger charge is 2.31. The van der Waals surface area contributed by atoms with Crippen LogP contribution in [0, 0.1) is 0 Å². The standard InChI is InChI=1S/C21H15N5O3/c27-19(17-11-13-6-1-3-7-14(13)20(28)29-17)24-21-23-18(25-26-21)16-10-9-12-5-2-4-8-15(12)22-16/h1-10,17H,11H2,(H2,23,24,25,26,27). The van der Waals surface area contributed by atoms with Gasteiger partial charge in [-0.1, -0.05) is 42.5 Å². The number of pyridine rings is 1. The van der Waals surface area contributed by atoms with E-state index in [1.165, 1.54) is 0 Å². The lowest BCUT2D eigenvalue weighted by Crippen LogP contribution is -2.38. The number of H-pyrrole nitrogens is 1. The van der Waals surface area contributed by atoms with Gasteiger partial charge in [-0.3, -0.25) is 15.2 Å². The van der Waals surface area contributed by atoms with Crippen molar-refractivity contribution in [1.29, 1.82) is 0 Å². The zero-order chi connectivity index (χ0) is 19.8. The van der Waals surface area contributed by atoms with Crippen LogP contribution in [-0.2, 0) is 16.0 Å². The zero-order valence-corrected chi connectivity index (χ0v) is 15.1. The number of amides is 1. The number of cyclic esters (lactones) is 1. The summed E-state index contributed by atoms with van der Waals surface area (Å²) in [6.45, 7) is 0. The first-order valence-corrected chi connectivity index (χ1v) is 9.06. The molecule has 2 N–H and O–H groups in total. The molecule has 29 heavy (non-hydrogen) atoms. The van der Waals surface area contributed by atoms with Crippen LogP contribution in [0.2, 0.25) is 0 Å². The second-order valence-electron chi connectivity index (χ2n) is 6.64. The van der Waals surface area contributed by atoms with E-state index in [2.05, 4.69) is 25.5 Å². The van der Waals surface area contributed by atoms with Crippen molar-refractivity contribution in [3.05, 3.63) is 71.8 Å². The fourth-order valence-corrected chi connectivity index (χ4v) is 3.30. The Morgan fingerprint density at radius 1 is 1.03 bits per heavy atom. The molecule has 5 rings (SSSR count). The highest BCUT2D eigenvalue weighted by atomic mass is 16.5. The van der Waals surface area contributed by atoms with Crippen LogP contribution < -0.4 is 5.32 Å². The Morgan fingerprint density at radius 2 is 1.86 bits per heavy atom. The number of nitrogens with one attached hydrogen (secondary N) is 2. The zero-order valence-electron chi connectivity index (χ0n) is 15.1. The van der Waals surface area contributed by atoms with Crippen molar-refractivity contribution in [2.75, 3.05) is 5.32 Å². The van der Waals surface area contributed by atoms with Gasteiger partial charge in [0.2, 0.25) is 5.95 Å². The topological polar surface area (TPSA) is 110 Å². The summed E-state index contributed by atoms with van der Waals surface area (Å²) in [5, 5.41) is 10.4. The molecule has 0 saturated heterocycles. The summed E-state index contributed by atoms with van der Waals surface area (Å²) in [6, 6.07) is 18.6. The second-order valence-corrected chi connectivity index (χ2v) is 6.64. The molecule has 1 atom stereocenters. The number of rotatable bonds is 3. The van der Waals surface area contributed by atoms with Gasteiger partial charge in [-0.15, -0.1) is 5.10 Å². The maximum atomic E-state index is 12.5. The van der Waals surface area contributed by atoms with Crippen LogP contribution in [0.4, 0.5) is 5.95 Å². The van der Waals surface area contributed by atoms with Crippen molar-refractivity contribution in [3.8, 4) is 11.5 Å². The molecule has 0 saturated carbocycles. The Labute approximate surface area is 165 Å². The molecule has 3 heterocycles. The summed E-state index contributed by atoms with van der Waals surface area (Å²) in [5.41, 5.74) is 2.70. The van der Waals surface area contributed by atoms with E-state index in [-0.39, 0.29) is 5.95 Å². The molecule has 1 aliphatic heterocycles. The molecule has 142 valence electrons. The fraction of sp³-hybridized carbons (Fsp3) is 0.0952. The number of benzene rings is 2. The fourth-order valence-electron chi connectivity index (χ4n) is 3.30. The number of carbonyl (C=O) groups excluding carboxylic acids is 2. The van der Waals surface area contributed by atoms with E-state index in [1.54, 1.807) is 12.1 Å². The van der Waals surface area contributed by atoms with E-state index in [9.17, 15) is 9.59 Å². The van der Waals surface area contributed by atoms with Crippen LogP contribution in [0.3, 0.4) is 0 Å². The van der Waals surface area contributed by atoms with Crippen LogP contribution >= 0.6 is 0 Å². The molecule has 1 aliphatic rings. The summed E-state index contributed by atoms with van der Waals surface area (Å²) < 4.78 is 5.26. The van der Waals surface area contributed by atoms with Gasteiger partial charge in [0.05, 0.1) is 11.1 Å². The van der Waals surface area contributed by atoms with Gasteiger partial charge in [0, 0.05) is 11.8 Å². The van der Waals surface area contributed by atoms with Gasteiger partial charge in [-0.2, -0.15) is 4.98 Å². The number of anilines is 1. The van der Waals surface area contributed by atoms with Crippen LogP contribution in [0.15, 0.2) is 60.7 Å². The molecule has 0 aliphatic carbocycles. The van der Waals surface area contributed by atoms with Crippen LogP contribution in [0.5, 0.6) is 0 Å². The van der Waals surface area contributed by atoms with E-state index in [1.807, 2.05) is 48.5 Å². The van der Waals surface area contributed by atoms with Crippen molar-refractivity contribution in [2.24, 2.45) is 0 Å². The second kappa shape index (κ2) is 6.83. The minimum Gasteiger partial charge on any atom is -0.448 e. The summed E-state index contributed by atoms with van der Waals surface area (Å²) in [4.78, 5) is 33.5. The van der Waals surface area contributed by atoms with Gasteiger partial charge >= 0.3 is 5.97 Å². The number of para-hydroxylation sites is 1. The van der Waals surface area contributed by atoms with Gasteiger partial charge in [-0.25, -0.2) is 9.78 Å². The van der Waals surface area contributed by atoms with Gasteiger partial charge < -0.3 is 4.74 Å². The number of aromatic amines is 1. The first kappa shape index (κ1) is 17.1. The van der Waals surface area contributed by atoms with E-state index in [0.29, 0.717) is 23.5 Å². The normalized spacial score (nSPS) is 15.6. The molecule has 2 aromatic heterocycles. The minimum absolute atomic E-state index is 0.0925. The molecular formula is C21H15N5O3. The number of nitrogens with zero attached hydrogens (tertiary/aromatic N) is 3. The molecule has 1 amide bonds. The molecule has 0 spiro atoms. The van der Waals surface area contributed by atoms with Crippen molar-refractivity contribution in [2.45, 2.75) is 12.5 Å². The number of hydrogen-bond donors (Lipinski definition) is 2. The summed E-state index contributed by atoms with van der Waals surface area (Å²) >= 11 is 0. The van der Waals surface area contributed by atoms with E-state index in [4.69, 9.17) is 4.74 Å². The monoisotopic (exact) mass is 385 g/mol. The first-order chi connectivity index (χ1) is 14.2. The Kier molecular flexibility index (Phi) is 4.02. The summed E-state index contributed by atoms with van der Waals surface area (Å²) in [6.07, 6.45) is -0.629. The highest BCUT2D eigenvalue weighted by molar-refractivity contribution is 5.99. The van der Waals surface area contributed by atoms with E-state index >= 15 is 0 Å². The van der Waals surface area contributed by atoms with Gasteiger partial charge in [-0.05, 0) is 23.8 Å². The van der Waals surface area contributed by atoms with Gasteiger partial charge in [0.1, 0.15) is 5.69 Å². The number of aromatic nitrogens is 4. The van der Waals surface area contributed by atoms with E-state index < -0.39 is 18.0 Å². The average Bonchev–Trinajstić information content (AvgIpc) is 3.22. The number of fused-ring (bicyclic) bond motifs is 2. The molecule has 8 nitrogen and oxygen atoms in total. The van der Waals surface area contributed by atoms with Crippen LogP contribution in [0.1, 0.15) is 15.9 Å². The smallest absolute Gasteiger partial charge is 0.339 e. The Bertz CT molecular complexity index is 1250. The van der Waals surface area contributed by atoms with Crippen LogP contribution in [-0.4, -0.2) is 38.1 Å². The minimum atomic E-state index is -0.932. The van der Waals surface area contributed by atoms with Crippen molar-refractivity contribution < 1.29 is 14.3 Å². The largest absolute Gasteiger partial charge is 0.448 e. The molecule has 4 aromatic rings. The average molecular weight is 385 g/mol. The Hall–Kier alpha value is -4.07. The first-order valence-electron chi connectivity index (χ1n) is 9.06. The Balaban J connectivity index is 1.33. The lowest BCUT2D eigenvalue weighted by atomic mass is 9.98. The molecule has 8 heteroatoms. The number of carbonyl (C=O) groups is 2. The lowest BCUT2D eigenvalue weighted by molar-refractivity contribution is -0.125. The quantitative estimate of drug-likeness (QED) is 0.525. The van der Waals surface area contributed by atoms with Gasteiger partial charge in [0.25, 0.3) is 5.91 Å². The third kappa shape index (κ3) is 3.20. The number of esters is 1. The molecular weight excluding hydrogens is 370 g/mol. The predicted molar refractivity (Wildman–Crippen MR) is 105 cm³/mol. The van der Waals surface area contributed by atoms with Crippen LogP contribution in [0.25, 0.3) is 22.4 Å². The summed E-state index contributed by atoms with van der Waals surface area (Å²) in [7, 11) is 0. The molecule has 0 fully saturated rings. The van der Waals surface area contributed by atoms with E-state index in [0.717, 1.165) is 16.5 Å². The SMILES string of the molecule is O=C1OC(C(=O)Nc2n[nH]c(-c3ccc4ccccc4n3)n2)Cc2ccccc21. The molecule has 0 radical (unpaired) electrons. The maximum absolute atomic E-state index is 12.5. The molecule has 1 unspecified atom stereocenters. The lowest BCUT2D eigenvalue weighted by Gasteiger charge is -2.23. The predicted octanol–water partition coefficient (Wildman–Crippen LogP) is 2.74. The van der Waals surface area contributed by atoms with Crippen molar-refractivity contribution >= 4 is 28.7 Å². The summed E-state index contributed by atoms with van der Waals surface area (Å²) in [5.74, 6) is -0.472. The number of hydrogen-bond acceptors (Lipinski definition) is 6. The molecule has 2 aromatic carbocycles. The van der Waals surface area contributed by atoms with Crippen molar-refractivity contribution in [1.82, 2.24) is 20.2 Å². The van der Waals surface area contributed by atoms with Crippen molar-refractivity contribution in [3.63, 3.8) is 0 Å². The maximum Gasteiger partial charge on any atom is 0.339 e. The highest BCUT2D eigenvalue weighted by Crippen LogP contribution is 2.22. The molecule has 0 bridgehead atoms. The third-order valence-electron chi connectivity index (χ3n) is 4.75. The van der Waals surface area contributed by atoms with Gasteiger partial charge in [0.15, 0.2) is 11.9 Å².